The van der Waals surface area contributed by atoms with Gasteiger partial charge in [0, 0.05) is 6.54 Å². The lowest BCUT2D eigenvalue weighted by molar-refractivity contribution is 0.898. The average Bonchev–Trinajstić information content (AvgIpc) is 1.85. The highest BCUT2D eigenvalue weighted by atomic mass is 14.8. The van der Waals surface area contributed by atoms with Crippen LogP contribution < -0.4 is 5.32 Å². The van der Waals surface area contributed by atoms with Crippen molar-refractivity contribution in [2.45, 2.75) is 0 Å². The standard InChI is InChI=1S/C8H12BN/c1-7(6-10-3)4-5-8(2)9/h4-5,10H,1-2,6H2,3H3/b5-4-. The molecule has 10 heavy (non-hydrogen) atoms. The molecule has 0 aromatic rings. The Morgan fingerprint density at radius 2 is 2.10 bits per heavy atom. The summed E-state index contributed by atoms with van der Waals surface area (Å²) in [7, 11) is 7.17. The van der Waals surface area contributed by atoms with E-state index in [0.717, 1.165) is 12.1 Å². The van der Waals surface area contributed by atoms with Gasteiger partial charge in [0.05, 0.1) is 0 Å². The Labute approximate surface area is 63.9 Å². The third-order valence-electron chi connectivity index (χ3n) is 0.937. The number of rotatable bonds is 4. The molecule has 0 atom stereocenters. The first-order valence-corrected chi connectivity index (χ1v) is 3.11. The van der Waals surface area contributed by atoms with Crippen molar-refractivity contribution in [3.63, 3.8) is 0 Å². The zero-order valence-corrected chi connectivity index (χ0v) is 6.35. The molecule has 0 aliphatic carbocycles. The summed E-state index contributed by atoms with van der Waals surface area (Å²) in [6.07, 6.45) is 3.58. The van der Waals surface area contributed by atoms with Gasteiger partial charge in [0.2, 0.25) is 0 Å². The van der Waals surface area contributed by atoms with Gasteiger partial charge in [-0.1, -0.05) is 18.7 Å². The summed E-state index contributed by atoms with van der Waals surface area (Å²) in [5, 5.41) is 2.97. The van der Waals surface area contributed by atoms with Gasteiger partial charge in [-0.05, 0) is 12.6 Å². The molecule has 52 valence electrons. The van der Waals surface area contributed by atoms with Crippen LogP contribution in [0.4, 0.5) is 0 Å². The van der Waals surface area contributed by atoms with E-state index in [9.17, 15) is 0 Å². The van der Waals surface area contributed by atoms with E-state index in [-0.39, 0.29) is 0 Å². The third-order valence-corrected chi connectivity index (χ3v) is 0.937. The molecule has 2 heteroatoms. The molecule has 2 radical (unpaired) electrons. The molecule has 0 amide bonds. The maximum atomic E-state index is 5.29. The largest absolute Gasteiger partial charge is 0.316 e. The highest BCUT2D eigenvalue weighted by Gasteiger charge is 1.82. The van der Waals surface area contributed by atoms with Crippen LogP contribution >= 0.6 is 0 Å². The quantitative estimate of drug-likeness (QED) is 0.445. The van der Waals surface area contributed by atoms with Gasteiger partial charge in [0.25, 0.3) is 0 Å². The maximum Gasteiger partial charge on any atom is 0.112 e. The van der Waals surface area contributed by atoms with Crippen LogP contribution in [0.5, 0.6) is 0 Å². The SMILES string of the molecule is [B]C(=C)/C=C\C(=C)CNC. The van der Waals surface area contributed by atoms with Crippen LogP contribution in [0.2, 0.25) is 0 Å². The second-order valence-electron chi connectivity index (χ2n) is 2.10. The summed E-state index contributed by atoms with van der Waals surface area (Å²) < 4.78 is 0. The number of nitrogens with one attached hydrogen (secondary N) is 1. The topological polar surface area (TPSA) is 12.0 Å². The number of hydrogen-bond acceptors (Lipinski definition) is 1. The van der Waals surface area contributed by atoms with E-state index < -0.39 is 0 Å². The second-order valence-corrected chi connectivity index (χ2v) is 2.10. The normalized spacial score (nSPS) is 10.1. The van der Waals surface area contributed by atoms with Gasteiger partial charge in [-0.2, -0.15) is 0 Å². The zero-order chi connectivity index (χ0) is 7.98. The number of likely N-dealkylation sites (N-methyl/N-ethyl adjacent to an activating group) is 1. The van der Waals surface area contributed by atoms with E-state index in [0.29, 0.717) is 5.47 Å². The van der Waals surface area contributed by atoms with E-state index in [4.69, 9.17) is 7.85 Å². The van der Waals surface area contributed by atoms with Gasteiger partial charge in [0.15, 0.2) is 0 Å². The molecule has 0 bridgehead atoms. The fourth-order valence-corrected chi connectivity index (χ4v) is 0.511. The van der Waals surface area contributed by atoms with E-state index in [2.05, 4.69) is 18.5 Å². The van der Waals surface area contributed by atoms with Gasteiger partial charge >= 0.3 is 0 Å². The van der Waals surface area contributed by atoms with Crippen molar-refractivity contribution in [3.05, 3.63) is 36.4 Å². The van der Waals surface area contributed by atoms with Crippen molar-refractivity contribution in [3.8, 4) is 0 Å². The van der Waals surface area contributed by atoms with Gasteiger partial charge in [0.1, 0.15) is 7.85 Å². The highest BCUT2D eigenvalue weighted by molar-refractivity contribution is 6.23. The molecule has 0 unspecified atom stereocenters. The van der Waals surface area contributed by atoms with Crippen LogP contribution in [0.25, 0.3) is 0 Å². The Kier molecular flexibility index (Phi) is 4.68. The summed E-state index contributed by atoms with van der Waals surface area (Å²) >= 11 is 0. The molecule has 0 aliphatic heterocycles. The maximum absolute atomic E-state index is 5.29. The van der Waals surface area contributed by atoms with Crippen molar-refractivity contribution in [2.24, 2.45) is 0 Å². The second kappa shape index (κ2) is 5.06. The van der Waals surface area contributed by atoms with Gasteiger partial charge in [-0.25, -0.2) is 0 Å². The summed E-state index contributed by atoms with van der Waals surface area (Å²) in [6, 6.07) is 0. The van der Waals surface area contributed by atoms with Crippen LogP contribution in [0, 0.1) is 0 Å². The third kappa shape index (κ3) is 5.38. The molecule has 0 fully saturated rings. The Morgan fingerprint density at radius 3 is 2.50 bits per heavy atom. The highest BCUT2D eigenvalue weighted by Crippen LogP contribution is 1.92. The molecule has 0 aliphatic rings. The fourth-order valence-electron chi connectivity index (χ4n) is 0.511. The van der Waals surface area contributed by atoms with E-state index in [1.807, 2.05) is 13.1 Å². The summed E-state index contributed by atoms with van der Waals surface area (Å²) in [5.41, 5.74) is 1.55. The molecule has 0 spiro atoms. The Bertz CT molecular complexity index is 159. The summed E-state index contributed by atoms with van der Waals surface area (Å²) in [4.78, 5) is 0. The van der Waals surface area contributed by atoms with Crippen LogP contribution in [-0.2, 0) is 0 Å². The van der Waals surface area contributed by atoms with Crippen LogP contribution in [0.3, 0.4) is 0 Å². The average molecular weight is 133 g/mol. The molecule has 0 aromatic carbocycles. The fraction of sp³-hybridized carbons (Fsp3) is 0.250. The van der Waals surface area contributed by atoms with Crippen molar-refractivity contribution >= 4 is 7.85 Å². The molecular weight excluding hydrogens is 121 g/mol. The predicted molar refractivity (Wildman–Crippen MR) is 47.1 cm³/mol. The molecule has 1 N–H and O–H groups in total. The van der Waals surface area contributed by atoms with E-state index in [1.165, 1.54) is 0 Å². The number of hydrogen-bond donors (Lipinski definition) is 1. The first-order valence-electron chi connectivity index (χ1n) is 3.11. The molecule has 0 saturated carbocycles. The summed E-state index contributed by atoms with van der Waals surface area (Å²) in [5.74, 6) is 0. The lowest BCUT2D eigenvalue weighted by Gasteiger charge is -1.95. The van der Waals surface area contributed by atoms with Crippen molar-refractivity contribution in [2.75, 3.05) is 13.6 Å². The first-order chi connectivity index (χ1) is 4.66. The van der Waals surface area contributed by atoms with Crippen molar-refractivity contribution in [1.29, 1.82) is 0 Å². The van der Waals surface area contributed by atoms with Gasteiger partial charge in [-0.15, -0.1) is 12.1 Å². The minimum absolute atomic E-state index is 0.553. The van der Waals surface area contributed by atoms with Crippen molar-refractivity contribution < 1.29 is 0 Å². The van der Waals surface area contributed by atoms with Crippen LogP contribution in [0.15, 0.2) is 36.4 Å². The first kappa shape index (κ1) is 9.24. The monoisotopic (exact) mass is 133 g/mol. The Balaban J connectivity index is 3.67. The van der Waals surface area contributed by atoms with Crippen LogP contribution in [-0.4, -0.2) is 21.4 Å². The Morgan fingerprint density at radius 1 is 1.50 bits per heavy atom. The zero-order valence-electron chi connectivity index (χ0n) is 6.35. The van der Waals surface area contributed by atoms with E-state index >= 15 is 0 Å². The van der Waals surface area contributed by atoms with E-state index in [1.54, 1.807) is 6.08 Å². The minimum Gasteiger partial charge on any atom is -0.316 e. The molecule has 1 nitrogen and oxygen atoms in total. The molecule has 0 aromatic heterocycles. The molecular formula is C8H12BN. The summed E-state index contributed by atoms with van der Waals surface area (Å²) in [6.45, 7) is 8.07. The number of allylic oxidation sites excluding steroid dienone is 2. The minimum atomic E-state index is 0.553. The molecule has 0 rings (SSSR count). The molecule has 0 heterocycles. The van der Waals surface area contributed by atoms with Crippen molar-refractivity contribution in [1.82, 2.24) is 5.32 Å². The Hall–Kier alpha value is -0.755. The van der Waals surface area contributed by atoms with Gasteiger partial charge in [-0.3, -0.25) is 0 Å². The predicted octanol–water partition coefficient (Wildman–Crippen LogP) is 1.00. The lowest BCUT2D eigenvalue weighted by atomic mass is 9.97. The lowest BCUT2D eigenvalue weighted by Crippen LogP contribution is -2.08. The smallest absolute Gasteiger partial charge is 0.112 e. The molecule has 0 saturated heterocycles. The van der Waals surface area contributed by atoms with Gasteiger partial charge < -0.3 is 5.32 Å². The van der Waals surface area contributed by atoms with Crippen LogP contribution in [0.1, 0.15) is 0 Å².